The molecule has 10 atom stereocenters. The van der Waals surface area contributed by atoms with Crippen LogP contribution in [0.25, 0.3) is 0 Å². The van der Waals surface area contributed by atoms with Crippen LogP contribution in [-0.2, 0) is 8.98 Å². The summed E-state index contributed by atoms with van der Waals surface area (Å²) in [6.45, 7) is 12.6. The quantitative estimate of drug-likeness (QED) is 0.335. The zero-order valence-corrected chi connectivity index (χ0v) is 22.6. The molecule has 0 aliphatic heterocycles. The fourth-order valence-corrected chi connectivity index (χ4v) is 10.9. The minimum absolute atomic E-state index is 0.139. The van der Waals surface area contributed by atoms with Crippen molar-refractivity contribution in [1.29, 1.82) is 0 Å². The SMILES string of the molecule is CSOC1CCC2(C)C(CCC3(C)C2CC=C2C4CC(C)CCC4(C(=O)O)CC[C@]23C)C1C. The topological polar surface area (TPSA) is 46.5 Å². The Labute approximate surface area is 206 Å². The summed E-state index contributed by atoms with van der Waals surface area (Å²) in [6, 6.07) is 0. The number of aliphatic carboxylic acids is 1. The van der Waals surface area contributed by atoms with Crippen LogP contribution in [0.3, 0.4) is 0 Å². The maximum absolute atomic E-state index is 12.7. The van der Waals surface area contributed by atoms with Crippen LogP contribution in [0, 0.1) is 51.2 Å². The maximum Gasteiger partial charge on any atom is 0.310 e. The second kappa shape index (κ2) is 8.02. The number of carbonyl (C=O) groups is 1. The van der Waals surface area contributed by atoms with Crippen molar-refractivity contribution < 1.29 is 14.1 Å². The second-order valence-corrected chi connectivity index (χ2v) is 14.0. The van der Waals surface area contributed by atoms with Crippen molar-refractivity contribution in [3.63, 3.8) is 0 Å². The van der Waals surface area contributed by atoms with Crippen molar-refractivity contribution >= 4 is 18.0 Å². The molecule has 5 rings (SSSR count). The van der Waals surface area contributed by atoms with Crippen molar-refractivity contribution in [2.75, 3.05) is 6.26 Å². The fraction of sp³-hybridized carbons (Fsp3) is 0.897. The molecule has 33 heavy (non-hydrogen) atoms. The summed E-state index contributed by atoms with van der Waals surface area (Å²) >= 11 is 1.54. The van der Waals surface area contributed by atoms with Gasteiger partial charge in [0, 0.05) is 6.26 Å². The second-order valence-electron chi connectivity index (χ2n) is 13.4. The summed E-state index contributed by atoms with van der Waals surface area (Å²) < 4.78 is 6.11. The van der Waals surface area contributed by atoms with Crippen LogP contribution in [0.2, 0.25) is 0 Å². The van der Waals surface area contributed by atoms with E-state index in [2.05, 4.69) is 47.0 Å². The molecule has 0 heterocycles. The summed E-state index contributed by atoms with van der Waals surface area (Å²) in [7, 11) is 0. The summed E-state index contributed by atoms with van der Waals surface area (Å²) in [6.07, 6.45) is 16.2. The Hall–Kier alpha value is -0.480. The lowest BCUT2D eigenvalue weighted by atomic mass is 9.35. The fourth-order valence-electron chi connectivity index (χ4n) is 10.3. The van der Waals surface area contributed by atoms with E-state index in [1.54, 1.807) is 17.6 Å². The molecule has 0 radical (unpaired) electrons. The van der Waals surface area contributed by atoms with Gasteiger partial charge in [-0.15, -0.1) is 0 Å². The summed E-state index contributed by atoms with van der Waals surface area (Å²) in [4.78, 5) is 12.7. The third-order valence-corrected chi connectivity index (χ3v) is 13.0. The van der Waals surface area contributed by atoms with Crippen LogP contribution >= 0.6 is 12.0 Å². The van der Waals surface area contributed by atoms with Crippen molar-refractivity contribution in [3.8, 4) is 0 Å². The predicted molar refractivity (Wildman–Crippen MR) is 136 cm³/mol. The van der Waals surface area contributed by atoms with E-state index in [1.807, 2.05) is 0 Å². The molecule has 4 heteroatoms. The van der Waals surface area contributed by atoms with E-state index in [0.29, 0.717) is 29.3 Å². The first kappa shape index (κ1) is 24.2. The summed E-state index contributed by atoms with van der Waals surface area (Å²) in [5.41, 5.74) is 1.80. The van der Waals surface area contributed by atoms with Gasteiger partial charge in [-0.05, 0) is 122 Å². The largest absolute Gasteiger partial charge is 0.481 e. The van der Waals surface area contributed by atoms with Crippen LogP contribution in [-0.4, -0.2) is 23.4 Å². The summed E-state index contributed by atoms with van der Waals surface area (Å²) in [5.74, 6) is 2.39. The summed E-state index contributed by atoms with van der Waals surface area (Å²) in [5, 5.41) is 10.4. The van der Waals surface area contributed by atoms with Gasteiger partial charge in [-0.1, -0.05) is 46.3 Å². The molecule has 5 aliphatic carbocycles. The van der Waals surface area contributed by atoms with Gasteiger partial charge in [-0.2, -0.15) is 0 Å². The lowest BCUT2D eigenvalue weighted by molar-refractivity contribution is -0.183. The van der Waals surface area contributed by atoms with Crippen molar-refractivity contribution in [3.05, 3.63) is 11.6 Å². The Bertz CT molecular complexity index is 839. The van der Waals surface area contributed by atoms with E-state index in [-0.39, 0.29) is 16.7 Å². The maximum atomic E-state index is 12.7. The highest BCUT2D eigenvalue weighted by Crippen LogP contribution is 2.74. The molecule has 0 amide bonds. The van der Waals surface area contributed by atoms with Crippen LogP contribution in [0.1, 0.15) is 98.8 Å². The number of hydrogen-bond donors (Lipinski definition) is 1. The predicted octanol–water partition coefficient (Wildman–Crippen LogP) is 7.76. The van der Waals surface area contributed by atoms with Crippen LogP contribution in [0.15, 0.2) is 11.6 Å². The molecule has 4 saturated carbocycles. The standard InChI is InChI=1S/C29H46O3S/c1-18-9-14-29(25(30)31)16-15-27(4)21(22(29)17-18)7-8-24-26(3)12-11-23(32-33-6)19(2)20(26)10-13-28(24,27)5/h7,18-20,22-24H,8-17H2,1-6H3,(H,30,31)/t18?,19?,20?,22?,23?,24?,26?,27-,28?,29?/m1/s1. The lowest BCUT2D eigenvalue weighted by Crippen LogP contribution is -2.63. The van der Waals surface area contributed by atoms with Crippen molar-refractivity contribution in [1.82, 2.24) is 0 Å². The first-order valence-electron chi connectivity index (χ1n) is 13.7. The Morgan fingerprint density at radius 3 is 2.52 bits per heavy atom. The molecule has 0 spiro atoms. The van der Waals surface area contributed by atoms with Gasteiger partial charge in [0.1, 0.15) is 0 Å². The van der Waals surface area contributed by atoms with Gasteiger partial charge in [0.15, 0.2) is 0 Å². The molecular weight excluding hydrogens is 428 g/mol. The first-order valence-corrected chi connectivity index (χ1v) is 14.8. The van der Waals surface area contributed by atoms with Crippen molar-refractivity contribution in [2.24, 2.45) is 51.2 Å². The third-order valence-electron chi connectivity index (χ3n) is 12.5. The van der Waals surface area contributed by atoms with E-state index >= 15 is 0 Å². The number of carboxylic acid groups (broad SMARTS) is 1. The minimum Gasteiger partial charge on any atom is -0.481 e. The van der Waals surface area contributed by atoms with E-state index in [9.17, 15) is 9.90 Å². The smallest absolute Gasteiger partial charge is 0.310 e. The van der Waals surface area contributed by atoms with E-state index in [4.69, 9.17) is 4.18 Å². The van der Waals surface area contributed by atoms with Crippen LogP contribution in [0.4, 0.5) is 0 Å². The van der Waals surface area contributed by atoms with Crippen LogP contribution < -0.4 is 0 Å². The monoisotopic (exact) mass is 474 g/mol. The molecule has 0 bridgehead atoms. The van der Waals surface area contributed by atoms with E-state index < -0.39 is 11.4 Å². The van der Waals surface area contributed by atoms with Crippen LogP contribution in [0.5, 0.6) is 0 Å². The Balaban J connectivity index is 1.53. The zero-order chi connectivity index (χ0) is 23.8. The first-order chi connectivity index (χ1) is 15.5. The number of fused-ring (bicyclic) bond motifs is 7. The zero-order valence-electron chi connectivity index (χ0n) is 21.8. The molecule has 186 valence electrons. The molecule has 1 N–H and O–H groups in total. The van der Waals surface area contributed by atoms with Gasteiger partial charge in [-0.3, -0.25) is 4.79 Å². The highest BCUT2D eigenvalue weighted by Gasteiger charge is 2.67. The van der Waals surface area contributed by atoms with E-state index in [0.717, 1.165) is 44.4 Å². The molecule has 0 aromatic rings. The highest BCUT2D eigenvalue weighted by molar-refractivity contribution is 7.93. The molecule has 0 aromatic heterocycles. The minimum atomic E-state index is -0.522. The highest BCUT2D eigenvalue weighted by atomic mass is 32.2. The normalized spacial score (nSPS) is 53.7. The molecular formula is C29H46O3S. The Morgan fingerprint density at radius 2 is 1.82 bits per heavy atom. The van der Waals surface area contributed by atoms with E-state index in [1.165, 1.54) is 25.7 Å². The number of allylic oxidation sites excluding steroid dienone is 2. The van der Waals surface area contributed by atoms with Gasteiger partial charge in [0.25, 0.3) is 0 Å². The third kappa shape index (κ3) is 3.14. The number of rotatable bonds is 3. The Kier molecular flexibility index (Phi) is 5.88. The average molecular weight is 475 g/mol. The molecule has 0 saturated heterocycles. The number of carboxylic acids is 1. The molecule has 9 unspecified atom stereocenters. The van der Waals surface area contributed by atoms with Gasteiger partial charge in [0.2, 0.25) is 0 Å². The van der Waals surface area contributed by atoms with Crippen molar-refractivity contribution in [2.45, 2.75) is 105 Å². The molecule has 3 nitrogen and oxygen atoms in total. The molecule has 5 aliphatic rings. The molecule has 0 aromatic carbocycles. The molecule has 4 fully saturated rings. The van der Waals surface area contributed by atoms with Gasteiger partial charge >= 0.3 is 5.97 Å². The number of hydrogen-bond acceptors (Lipinski definition) is 3. The van der Waals surface area contributed by atoms with Gasteiger partial charge in [0.05, 0.1) is 11.5 Å². The van der Waals surface area contributed by atoms with Gasteiger partial charge < -0.3 is 9.29 Å². The van der Waals surface area contributed by atoms with Gasteiger partial charge in [-0.25, -0.2) is 0 Å². The average Bonchev–Trinajstić information content (AvgIpc) is 2.76. The Morgan fingerprint density at radius 1 is 1.06 bits per heavy atom. The lowest BCUT2D eigenvalue weighted by Gasteiger charge is -2.70.